The molecule has 5 nitrogen and oxygen atoms in total. The maximum Gasteiger partial charge on any atom is 0.416 e. The Morgan fingerprint density at radius 1 is 1.14 bits per heavy atom. The van der Waals surface area contributed by atoms with E-state index in [1.807, 2.05) is 18.2 Å². The Morgan fingerprint density at radius 3 is 2.75 bits per heavy atom. The van der Waals surface area contributed by atoms with Gasteiger partial charge in [0.2, 0.25) is 5.78 Å². The van der Waals surface area contributed by atoms with E-state index in [4.69, 9.17) is 4.42 Å². The lowest BCUT2D eigenvalue weighted by atomic mass is 9.87. The summed E-state index contributed by atoms with van der Waals surface area (Å²) in [7, 11) is 0. The minimum Gasteiger partial charge on any atom is -0.464 e. The molecule has 1 atom stereocenters. The molecule has 5 rings (SSSR count). The number of rotatable bonds is 1. The van der Waals surface area contributed by atoms with Crippen LogP contribution in [0.15, 0.2) is 58.1 Å². The Labute approximate surface area is 156 Å². The third-order valence-corrected chi connectivity index (χ3v) is 5.24. The number of carbonyl (C=O) groups excluding carboxylic acids is 1. The SMILES string of the molecule is O=C1c2cc(C(F)(F)F)ccc2N=C2N(c3ccc4ccoc4c3)CC[C@@]12O. The molecule has 142 valence electrons. The van der Waals surface area contributed by atoms with Gasteiger partial charge in [0.05, 0.1) is 17.5 Å². The molecule has 0 aliphatic carbocycles. The smallest absolute Gasteiger partial charge is 0.416 e. The number of hydrogen-bond acceptors (Lipinski definition) is 5. The first-order valence-corrected chi connectivity index (χ1v) is 8.60. The van der Waals surface area contributed by atoms with Gasteiger partial charge in [-0.25, -0.2) is 4.99 Å². The van der Waals surface area contributed by atoms with Crippen molar-refractivity contribution in [3.8, 4) is 0 Å². The second kappa shape index (κ2) is 5.45. The number of aliphatic imine (C=N–C) groups is 1. The van der Waals surface area contributed by atoms with Crippen molar-refractivity contribution < 1.29 is 27.5 Å². The predicted octanol–water partition coefficient (Wildman–Crippen LogP) is 4.32. The van der Waals surface area contributed by atoms with E-state index in [1.165, 1.54) is 0 Å². The Balaban J connectivity index is 1.63. The number of ketones is 1. The fourth-order valence-corrected chi connectivity index (χ4v) is 3.77. The summed E-state index contributed by atoms with van der Waals surface area (Å²) < 4.78 is 44.4. The minimum atomic E-state index is -4.58. The summed E-state index contributed by atoms with van der Waals surface area (Å²) in [6, 6.07) is 10.1. The van der Waals surface area contributed by atoms with Crippen molar-refractivity contribution in [3.05, 3.63) is 59.9 Å². The third-order valence-electron chi connectivity index (χ3n) is 5.24. The molecule has 1 aromatic heterocycles. The van der Waals surface area contributed by atoms with Crippen LogP contribution in [0, 0.1) is 0 Å². The number of Topliss-reactive ketones (excluding diaryl/α,β-unsaturated/α-hetero) is 1. The fourth-order valence-electron chi connectivity index (χ4n) is 3.77. The summed E-state index contributed by atoms with van der Waals surface area (Å²) in [6.07, 6.45) is -2.98. The second-order valence-corrected chi connectivity index (χ2v) is 6.90. The van der Waals surface area contributed by atoms with Gasteiger partial charge in [0.15, 0.2) is 5.60 Å². The highest BCUT2D eigenvalue weighted by molar-refractivity contribution is 6.28. The average molecular weight is 386 g/mol. The van der Waals surface area contributed by atoms with E-state index in [-0.39, 0.29) is 23.5 Å². The van der Waals surface area contributed by atoms with Crippen molar-refractivity contribution in [2.75, 3.05) is 11.4 Å². The van der Waals surface area contributed by atoms with Gasteiger partial charge in [-0.2, -0.15) is 13.2 Å². The third kappa shape index (κ3) is 2.31. The Kier molecular flexibility index (Phi) is 3.31. The maximum absolute atomic E-state index is 13.0. The zero-order valence-corrected chi connectivity index (χ0v) is 14.3. The number of fused-ring (bicyclic) bond motifs is 3. The lowest BCUT2D eigenvalue weighted by molar-refractivity contribution is -0.137. The van der Waals surface area contributed by atoms with Gasteiger partial charge < -0.3 is 14.4 Å². The summed E-state index contributed by atoms with van der Waals surface area (Å²) >= 11 is 0. The number of carbonyl (C=O) groups is 1. The van der Waals surface area contributed by atoms with Crippen molar-refractivity contribution in [2.24, 2.45) is 4.99 Å². The number of hydrogen-bond donors (Lipinski definition) is 1. The van der Waals surface area contributed by atoms with Crippen molar-refractivity contribution >= 4 is 34.0 Å². The van der Waals surface area contributed by atoms with Crippen molar-refractivity contribution in [1.82, 2.24) is 0 Å². The van der Waals surface area contributed by atoms with Crippen molar-refractivity contribution in [3.63, 3.8) is 0 Å². The molecule has 0 spiro atoms. The van der Waals surface area contributed by atoms with Crippen molar-refractivity contribution in [2.45, 2.75) is 18.2 Å². The number of aliphatic hydroxyl groups is 1. The summed E-state index contributed by atoms with van der Waals surface area (Å²) in [6.45, 7) is 0.299. The quantitative estimate of drug-likeness (QED) is 0.677. The Morgan fingerprint density at radius 2 is 1.96 bits per heavy atom. The average Bonchev–Trinajstić information content (AvgIpc) is 3.25. The molecule has 0 saturated carbocycles. The number of halogens is 3. The summed E-state index contributed by atoms with van der Waals surface area (Å²) in [5.74, 6) is -0.643. The molecule has 0 amide bonds. The number of anilines is 1. The number of amidine groups is 1. The van der Waals surface area contributed by atoms with E-state index in [0.29, 0.717) is 17.8 Å². The molecule has 1 saturated heterocycles. The highest BCUT2D eigenvalue weighted by Gasteiger charge is 2.52. The van der Waals surface area contributed by atoms with Gasteiger partial charge in [0.1, 0.15) is 11.4 Å². The first-order valence-electron chi connectivity index (χ1n) is 8.60. The second-order valence-electron chi connectivity index (χ2n) is 6.90. The van der Waals surface area contributed by atoms with E-state index in [0.717, 1.165) is 23.6 Å². The van der Waals surface area contributed by atoms with E-state index >= 15 is 0 Å². The molecule has 2 aliphatic heterocycles. The van der Waals surface area contributed by atoms with Crippen LogP contribution in [0.4, 0.5) is 24.5 Å². The van der Waals surface area contributed by atoms with E-state index in [2.05, 4.69) is 4.99 Å². The van der Waals surface area contributed by atoms with Crippen LogP contribution in [0.2, 0.25) is 0 Å². The molecule has 0 unspecified atom stereocenters. The Hall–Kier alpha value is -3.13. The summed E-state index contributed by atoms with van der Waals surface area (Å²) in [5, 5.41) is 11.9. The van der Waals surface area contributed by atoms with Gasteiger partial charge in [0.25, 0.3) is 0 Å². The Bertz CT molecular complexity index is 1160. The maximum atomic E-state index is 13.0. The first-order chi connectivity index (χ1) is 13.3. The van der Waals surface area contributed by atoms with Gasteiger partial charge >= 0.3 is 6.18 Å². The normalized spacial score (nSPS) is 21.6. The van der Waals surface area contributed by atoms with Crippen LogP contribution in [0.25, 0.3) is 11.0 Å². The topological polar surface area (TPSA) is 66.0 Å². The predicted molar refractivity (Wildman–Crippen MR) is 96.0 cm³/mol. The molecule has 0 bridgehead atoms. The van der Waals surface area contributed by atoms with Crippen LogP contribution >= 0.6 is 0 Å². The van der Waals surface area contributed by atoms with Crippen LogP contribution in [0.5, 0.6) is 0 Å². The lowest BCUT2D eigenvalue weighted by Crippen LogP contribution is -2.48. The molecular formula is C20H13F3N2O3. The monoisotopic (exact) mass is 386 g/mol. The van der Waals surface area contributed by atoms with Gasteiger partial charge in [-0.1, -0.05) is 0 Å². The number of nitrogens with zero attached hydrogens (tertiary/aromatic N) is 2. The van der Waals surface area contributed by atoms with Crippen LogP contribution in [-0.4, -0.2) is 28.9 Å². The fraction of sp³-hybridized carbons (Fsp3) is 0.200. The standard InChI is InChI=1S/C20H13F3N2O3/c21-20(22,23)12-2-4-15-14(9-12)17(26)19(27)6-7-25(18(19)24-15)13-3-1-11-5-8-28-16(11)10-13/h1-5,8-10,27H,6-7H2/t19-/m1/s1. The minimum absolute atomic E-state index is 0.0382. The molecule has 1 fully saturated rings. The molecule has 2 aromatic carbocycles. The molecular weight excluding hydrogens is 373 g/mol. The van der Waals surface area contributed by atoms with Crippen LogP contribution in [-0.2, 0) is 6.18 Å². The molecule has 0 radical (unpaired) electrons. The molecule has 2 aliphatic rings. The highest BCUT2D eigenvalue weighted by atomic mass is 19.4. The molecule has 8 heteroatoms. The van der Waals surface area contributed by atoms with Gasteiger partial charge in [0, 0.05) is 35.7 Å². The van der Waals surface area contributed by atoms with E-state index in [1.54, 1.807) is 17.2 Å². The summed E-state index contributed by atoms with van der Waals surface area (Å²) in [4.78, 5) is 19.0. The van der Waals surface area contributed by atoms with E-state index in [9.17, 15) is 23.1 Å². The highest BCUT2D eigenvalue weighted by Crippen LogP contribution is 2.42. The van der Waals surface area contributed by atoms with Gasteiger partial charge in [-0.15, -0.1) is 0 Å². The largest absolute Gasteiger partial charge is 0.464 e. The molecule has 28 heavy (non-hydrogen) atoms. The van der Waals surface area contributed by atoms with E-state index < -0.39 is 23.1 Å². The van der Waals surface area contributed by atoms with Crippen molar-refractivity contribution in [1.29, 1.82) is 0 Å². The summed E-state index contributed by atoms with van der Waals surface area (Å²) in [5.41, 5.74) is -1.67. The first kappa shape index (κ1) is 17.0. The number of furan rings is 1. The van der Waals surface area contributed by atoms with Crippen LogP contribution in [0.3, 0.4) is 0 Å². The molecule has 1 N–H and O–H groups in total. The van der Waals surface area contributed by atoms with Crippen LogP contribution in [0.1, 0.15) is 22.3 Å². The molecule has 3 aromatic rings. The van der Waals surface area contributed by atoms with Gasteiger partial charge in [-0.3, -0.25) is 4.79 Å². The van der Waals surface area contributed by atoms with Crippen LogP contribution < -0.4 is 4.90 Å². The zero-order chi connectivity index (χ0) is 19.7. The molecule has 3 heterocycles. The lowest BCUT2D eigenvalue weighted by Gasteiger charge is -2.30. The van der Waals surface area contributed by atoms with Gasteiger partial charge in [-0.05, 0) is 36.4 Å². The number of benzene rings is 2. The number of alkyl halides is 3. The zero-order valence-electron chi connectivity index (χ0n) is 14.3.